The third-order valence-electron chi connectivity index (χ3n) is 2.45. The molecule has 1 fully saturated rings. The predicted octanol–water partition coefficient (Wildman–Crippen LogP) is 2.13. The Balaban J connectivity index is 1.70. The minimum Gasteiger partial charge on any atom is -0.309 e. The molecule has 0 spiro atoms. The average molecular weight is 214 g/mol. The van der Waals surface area contributed by atoms with Gasteiger partial charge in [0.25, 0.3) is 0 Å². The van der Waals surface area contributed by atoms with E-state index in [0.717, 1.165) is 13.1 Å². The van der Waals surface area contributed by atoms with E-state index in [4.69, 9.17) is 0 Å². The highest BCUT2D eigenvalue weighted by atomic mass is 32.2. The first-order valence-corrected chi connectivity index (χ1v) is 6.59. The topological polar surface area (TPSA) is 24.9 Å². The monoisotopic (exact) mass is 214 g/mol. The summed E-state index contributed by atoms with van der Waals surface area (Å²) in [4.78, 5) is 4.23. The van der Waals surface area contributed by atoms with Gasteiger partial charge in [-0.15, -0.1) is 11.3 Å². The third-order valence-corrected chi connectivity index (χ3v) is 4.65. The highest BCUT2D eigenvalue weighted by molar-refractivity contribution is 8.00. The van der Waals surface area contributed by atoms with Crippen LogP contribution in [0.5, 0.6) is 0 Å². The largest absolute Gasteiger partial charge is 0.309 e. The van der Waals surface area contributed by atoms with Gasteiger partial charge in [-0.3, -0.25) is 0 Å². The van der Waals surface area contributed by atoms with E-state index in [1.165, 1.54) is 17.8 Å². The van der Waals surface area contributed by atoms with Crippen LogP contribution in [0, 0.1) is 0 Å². The molecule has 1 aliphatic rings. The van der Waals surface area contributed by atoms with E-state index in [9.17, 15) is 0 Å². The maximum absolute atomic E-state index is 4.23. The molecule has 1 N–H and O–H groups in total. The van der Waals surface area contributed by atoms with Crippen molar-refractivity contribution in [2.24, 2.45) is 0 Å². The van der Waals surface area contributed by atoms with E-state index in [-0.39, 0.29) is 0 Å². The van der Waals surface area contributed by atoms with Gasteiger partial charge in [0, 0.05) is 29.4 Å². The molecule has 0 unspecified atom stereocenters. The maximum Gasteiger partial charge on any atom is 0.106 e. The molecule has 0 amide bonds. The van der Waals surface area contributed by atoms with Gasteiger partial charge in [0.2, 0.25) is 0 Å². The van der Waals surface area contributed by atoms with Crippen LogP contribution in [-0.2, 0) is 6.54 Å². The van der Waals surface area contributed by atoms with Crippen LogP contribution < -0.4 is 5.32 Å². The van der Waals surface area contributed by atoms with Gasteiger partial charge in [-0.1, -0.05) is 0 Å². The summed E-state index contributed by atoms with van der Waals surface area (Å²) >= 11 is 3.72. The minimum atomic E-state index is 0.567. The highest BCUT2D eigenvalue weighted by Crippen LogP contribution is 2.46. The molecule has 1 aromatic rings. The van der Waals surface area contributed by atoms with Gasteiger partial charge in [-0.05, 0) is 19.1 Å². The van der Waals surface area contributed by atoms with Crippen LogP contribution in [0.3, 0.4) is 0 Å². The van der Waals surface area contributed by atoms with Crippen molar-refractivity contribution in [3.8, 4) is 0 Å². The van der Waals surface area contributed by atoms with Crippen LogP contribution in [0.1, 0.15) is 17.8 Å². The molecule has 1 saturated carbocycles. The van der Waals surface area contributed by atoms with Gasteiger partial charge >= 0.3 is 0 Å². The van der Waals surface area contributed by atoms with Crippen molar-refractivity contribution >= 4 is 23.1 Å². The Morgan fingerprint density at radius 2 is 2.54 bits per heavy atom. The smallest absolute Gasteiger partial charge is 0.106 e. The lowest BCUT2D eigenvalue weighted by molar-refractivity contribution is 0.661. The molecule has 4 heteroatoms. The lowest BCUT2D eigenvalue weighted by Crippen LogP contribution is -2.25. The van der Waals surface area contributed by atoms with Crippen molar-refractivity contribution < 1.29 is 0 Å². The molecule has 0 radical (unpaired) electrons. The molecular formula is C9H14N2S2. The molecule has 2 nitrogen and oxygen atoms in total. The predicted molar refractivity (Wildman–Crippen MR) is 59.3 cm³/mol. The lowest BCUT2D eigenvalue weighted by atomic mass is 10.4. The third kappa shape index (κ3) is 2.45. The van der Waals surface area contributed by atoms with E-state index in [0.29, 0.717) is 4.75 Å². The van der Waals surface area contributed by atoms with Crippen LogP contribution in [-0.4, -0.2) is 22.5 Å². The zero-order valence-electron chi connectivity index (χ0n) is 7.75. The second-order valence-electron chi connectivity index (χ2n) is 3.42. The summed E-state index contributed by atoms with van der Waals surface area (Å²) < 4.78 is 0.567. The molecule has 0 saturated heterocycles. The molecule has 1 aliphatic carbocycles. The number of hydrogen-bond acceptors (Lipinski definition) is 4. The molecular weight excluding hydrogens is 200 g/mol. The molecule has 2 rings (SSSR count). The second kappa shape index (κ2) is 3.98. The Bertz CT molecular complexity index is 255. The van der Waals surface area contributed by atoms with E-state index in [2.05, 4.69) is 16.6 Å². The van der Waals surface area contributed by atoms with Gasteiger partial charge in [0.15, 0.2) is 0 Å². The fraction of sp³-hybridized carbons (Fsp3) is 0.667. The van der Waals surface area contributed by atoms with Gasteiger partial charge < -0.3 is 5.32 Å². The van der Waals surface area contributed by atoms with Gasteiger partial charge in [0.1, 0.15) is 5.01 Å². The Kier molecular flexibility index (Phi) is 2.91. The van der Waals surface area contributed by atoms with Crippen molar-refractivity contribution in [3.63, 3.8) is 0 Å². The number of hydrogen-bond donors (Lipinski definition) is 1. The lowest BCUT2D eigenvalue weighted by Gasteiger charge is -2.11. The number of nitrogens with zero attached hydrogens (tertiary/aromatic N) is 1. The first kappa shape index (κ1) is 9.49. The fourth-order valence-electron chi connectivity index (χ4n) is 1.33. The normalized spacial score (nSPS) is 18.8. The summed E-state index contributed by atoms with van der Waals surface area (Å²) in [7, 11) is 0. The average Bonchev–Trinajstić information content (AvgIpc) is 2.74. The van der Waals surface area contributed by atoms with E-state index in [1.807, 2.05) is 23.3 Å². The first-order chi connectivity index (χ1) is 6.35. The highest BCUT2D eigenvalue weighted by Gasteiger charge is 2.41. The SMILES string of the molecule is CSC1(CNCc2nccs2)CC1. The second-order valence-corrected chi connectivity index (χ2v) is 5.67. The van der Waals surface area contributed by atoms with Gasteiger partial charge in [-0.2, -0.15) is 11.8 Å². The molecule has 13 heavy (non-hydrogen) atoms. The van der Waals surface area contributed by atoms with E-state index >= 15 is 0 Å². The Labute approximate surface area is 87.1 Å². The summed E-state index contributed by atoms with van der Waals surface area (Å²) in [6.45, 7) is 2.06. The standard InChI is InChI=1S/C9H14N2S2/c1-12-9(2-3-9)7-10-6-8-11-4-5-13-8/h4-5,10H,2-3,6-7H2,1H3. The number of nitrogens with one attached hydrogen (secondary N) is 1. The quantitative estimate of drug-likeness (QED) is 0.813. The number of thioether (sulfide) groups is 1. The fourth-order valence-corrected chi connectivity index (χ4v) is 2.67. The molecule has 72 valence electrons. The van der Waals surface area contributed by atoms with Crippen molar-refractivity contribution in [3.05, 3.63) is 16.6 Å². The summed E-state index contributed by atoms with van der Waals surface area (Å²) in [5.41, 5.74) is 0. The van der Waals surface area contributed by atoms with Crippen LogP contribution in [0.2, 0.25) is 0 Å². The molecule has 1 heterocycles. The van der Waals surface area contributed by atoms with Crippen LogP contribution in [0.15, 0.2) is 11.6 Å². The summed E-state index contributed by atoms with van der Waals surface area (Å²) in [6.07, 6.45) is 6.82. The Morgan fingerprint density at radius 1 is 1.69 bits per heavy atom. The van der Waals surface area contributed by atoms with Crippen molar-refractivity contribution in [1.82, 2.24) is 10.3 Å². The molecule has 0 bridgehead atoms. The Hall–Kier alpha value is -0.0600. The maximum atomic E-state index is 4.23. The van der Waals surface area contributed by atoms with Crippen LogP contribution in [0.4, 0.5) is 0 Å². The Morgan fingerprint density at radius 3 is 3.08 bits per heavy atom. The molecule has 0 aromatic carbocycles. The number of aromatic nitrogens is 1. The minimum absolute atomic E-state index is 0.567. The summed E-state index contributed by atoms with van der Waals surface area (Å²) in [5, 5.41) is 6.69. The molecule has 0 aliphatic heterocycles. The van der Waals surface area contributed by atoms with Crippen molar-refractivity contribution in [2.75, 3.05) is 12.8 Å². The summed E-state index contributed by atoms with van der Waals surface area (Å²) in [5.74, 6) is 0. The van der Waals surface area contributed by atoms with Crippen molar-refractivity contribution in [2.45, 2.75) is 24.1 Å². The van der Waals surface area contributed by atoms with Gasteiger partial charge in [-0.25, -0.2) is 4.98 Å². The van der Waals surface area contributed by atoms with Crippen LogP contribution in [0.25, 0.3) is 0 Å². The van der Waals surface area contributed by atoms with Gasteiger partial charge in [0.05, 0.1) is 0 Å². The number of thiazole rings is 1. The van der Waals surface area contributed by atoms with E-state index in [1.54, 1.807) is 11.3 Å². The first-order valence-electron chi connectivity index (χ1n) is 4.49. The van der Waals surface area contributed by atoms with E-state index < -0.39 is 0 Å². The summed E-state index contributed by atoms with van der Waals surface area (Å²) in [6, 6.07) is 0. The number of rotatable bonds is 5. The zero-order valence-corrected chi connectivity index (χ0v) is 9.38. The molecule has 0 atom stereocenters. The van der Waals surface area contributed by atoms with Crippen LogP contribution >= 0.6 is 23.1 Å². The zero-order chi connectivity index (χ0) is 9.15. The van der Waals surface area contributed by atoms with Crippen molar-refractivity contribution in [1.29, 1.82) is 0 Å². The molecule has 1 aromatic heterocycles.